The molecule has 3 rings (SSSR count). The molecule has 0 saturated heterocycles. The number of pyridine rings is 1. The molecule has 5 heteroatoms. The Morgan fingerprint density at radius 1 is 1.16 bits per heavy atom. The average molecular weight is 340 g/mol. The fourth-order valence-electron chi connectivity index (χ4n) is 3.29. The highest BCUT2D eigenvalue weighted by Crippen LogP contribution is 2.38. The number of ether oxygens (including phenoxy) is 2. The van der Waals surface area contributed by atoms with Gasteiger partial charge in [-0.05, 0) is 37.3 Å². The Labute approximate surface area is 147 Å². The van der Waals surface area contributed by atoms with Crippen molar-refractivity contribution in [1.82, 2.24) is 4.98 Å². The molecule has 0 N–H and O–H groups in total. The molecule has 2 aromatic rings. The summed E-state index contributed by atoms with van der Waals surface area (Å²) in [6, 6.07) is 8.77. The van der Waals surface area contributed by atoms with Crippen molar-refractivity contribution in [3.63, 3.8) is 0 Å². The van der Waals surface area contributed by atoms with E-state index in [1.54, 1.807) is 25.3 Å². The van der Waals surface area contributed by atoms with Crippen LogP contribution in [0, 0.1) is 17.1 Å². The summed E-state index contributed by atoms with van der Waals surface area (Å²) in [6.07, 6.45) is 4.79. The first-order chi connectivity index (χ1) is 12.3. The van der Waals surface area contributed by atoms with E-state index in [0.29, 0.717) is 29.9 Å². The van der Waals surface area contributed by atoms with Crippen molar-refractivity contribution in [2.45, 2.75) is 32.1 Å². The van der Waals surface area contributed by atoms with E-state index in [1.807, 2.05) is 0 Å². The van der Waals surface area contributed by atoms with Gasteiger partial charge in [-0.15, -0.1) is 0 Å². The molecule has 0 atom stereocenters. The second kappa shape index (κ2) is 8.09. The summed E-state index contributed by atoms with van der Waals surface area (Å²) >= 11 is 0. The van der Waals surface area contributed by atoms with Gasteiger partial charge in [0.1, 0.15) is 24.1 Å². The van der Waals surface area contributed by atoms with Crippen LogP contribution in [0.25, 0.3) is 11.1 Å². The number of aryl methyl sites for hydroxylation is 1. The first kappa shape index (κ1) is 17.4. The quantitative estimate of drug-likeness (QED) is 0.608. The van der Waals surface area contributed by atoms with Gasteiger partial charge in [0.15, 0.2) is 0 Å². The molecule has 1 heterocycles. The van der Waals surface area contributed by atoms with Crippen molar-refractivity contribution < 1.29 is 13.9 Å². The number of nitrogens with zero attached hydrogens (tertiary/aromatic N) is 2. The third kappa shape index (κ3) is 3.64. The van der Waals surface area contributed by atoms with Crippen LogP contribution in [-0.4, -0.2) is 25.3 Å². The molecule has 1 aromatic carbocycles. The number of hydrogen-bond acceptors (Lipinski definition) is 4. The molecule has 0 fully saturated rings. The molecule has 0 bridgehead atoms. The van der Waals surface area contributed by atoms with Gasteiger partial charge in [0.25, 0.3) is 0 Å². The van der Waals surface area contributed by atoms with Gasteiger partial charge in [0.2, 0.25) is 5.88 Å². The Hall–Kier alpha value is -2.45. The zero-order chi connectivity index (χ0) is 17.6. The van der Waals surface area contributed by atoms with E-state index >= 15 is 0 Å². The van der Waals surface area contributed by atoms with Gasteiger partial charge in [-0.1, -0.05) is 24.6 Å². The molecule has 0 radical (unpaired) electrons. The average Bonchev–Trinajstić information content (AvgIpc) is 2.86. The van der Waals surface area contributed by atoms with E-state index in [0.717, 1.165) is 43.4 Å². The predicted octanol–water partition coefficient (Wildman–Crippen LogP) is 4.05. The van der Waals surface area contributed by atoms with Crippen molar-refractivity contribution in [2.24, 2.45) is 0 Å². The Bertz CT molecular complexity index is 799. The Balaban J connectivity index is 2.20. The number of hydrogen-bond donors (Lipinski definition) is 0. The summed E-state index contributed by atoms with van der Waals surface area (Å²) in [7, 11) is 1.59. The number of halogens is 1. The van der Waals surface area contributed by atoms with Crippen LogP contribution >= 0.6 is 0 Å². The van der Waals surface area contributed by atoms with Gasteiger partial charge in [-0.2, -0.15) is 5.26 Å². The van der Waals surface area contributed by atoms with Crippen LogP contribution in [0.3, 0.4) is 0 Å². The number of nitriles is 1. The molecule has 130 valence electrons. The highest BCUT2D eigenvalue weighted by Gasteiger charge is 2.24. The van der Waals surface area contributed by atoms with Crippen LogP contribution < -0.4 is 4.74 Å². The molecule has 0 aliphatic heterocycles. The number of aromatic nitrogens is 1. The standard InChI is InChI=1S/C20H21FN2O2/c1-24-11-12-25-20-16(13-22)19(14-7-5-6-9-17(14)21)15-8-3-2-4-10-18(15)23-20/h5-7,9H,2-4,8,10-12H2,1H3. The maximum Gasteiger partial charge on any atom is 0.232 e. The zero-order valence-electron chi connectivity index (χ0n) is 14.3. The normalized spacial score (nSPS) is 13.6. The second-order valence-electron chi connectivity index (χ2n) is 6.09. The van der Waals surface area contributed by atoms with Crippen molar-refractivity contribution in [2.75, 3.05) is 20.3 Å². The molecule has 1 aliphatic carbocycles. The SMILES string of the molecule is COCCOc1nc2c(c(-c3ccccc3F)c1C#N)CCCCC2. The van der Waals surface area contributed by atoms with E-state index in [-0.39, 0.29) is 11.7 Å². The van der Waals surface area contributed by atoms with Crippen LogP contribution in [0.15, 0.2) is 24.3 Å². The summed E-state index contributed by atoms with van der Waals surface area (Å²) in [5.41, 5.74) is 3.29. The Morgan fingerprint density at radius 3 is 2.72 bits per heavy atom. The van der Waals surface area contributed by atoms with Crippen LogP contribution in [0.4, 0.5) is 4.39 Å². The summed E-state index contributed by atoms with van der Waals surface area (Å²) in [5.74, 6) is -0.0575. The van der Waals surface area contributed by atoms with Gasteiger partial charge in [-0.25, -0.2) is 9.37 Å². The van der Waals surface area contributed by atoms with Crippen molar-refractivity contribution in [3.05, 3.63) is 46.9 Å². The molecular weight excluding hydrogens is 319 g/mol. The smallest absolute Gasteiger partial charge is 0.232 e. The fourth-order valence-corrected chi connectivity index (χ4v) is 3.29. The topological polar surface area (TPSA) is 55.1 Å². The lowest BCUT2D eigenvalue weighted by Crippen LogP contribution is -2.11. The van der Waals surface area contributed by atoms with Crippen molar-refractivity contribution in [3.8, 4) is 23.1 Å². The molecular formula is C20H21FN2O2. The molecule has 0 saturated carbocycles. The van der Waals surface area contributed by atoms with Crippen LogP contribution in [0.2, 0.25) is 0 Å². The lowest BCUT2D eigenvalue weighted by atomic mass is 9.91. The lowest BCUT2D eigenvalue weighted by Gasteiger charge is -2.18. The second-order valence-corrected chi connectivity index (χ2v) is 6.09. The monoisotopic (exact) mass is 340 g/mol. The number of rotatable bonds is 5. The molecule has 1 aliphatic rings. The largest absolute Gasteiger partial charge is 0.474 e. The minimum Gasteiger partial charge on any atom is -0.474 e. The highest BCUT2D eigenvalue weighted by molar-refractivity contribution is 5.77. The number of fused-ring (bicyclic) bond motifs is 1. The predicted molar refractivity (Wildman–Crippen MR) is 93.0 cm³/mol. The van der Waals surface area contributed by atoms with Crippen LogP contribution in [-0.2, 0) is 17.6 Å². The first-order valence-electron chi connectivity index (χ1n) is 8.58. The van der Waals surface area contributed by atoms with Gasteiger partial charge >= 0.3 is 0 Å². The molecule has 1 aromatic heterocycles. The van der Waals surface area contributed by atoms with E-state index < -0.39 is 0 Å². The van der Waals surface area contributed by atoms with E-state index in [9.17, 15) is 9.65 Å². The molecule has 0 spiro atoms. The van der Waals surface area contributed by atoms with E-state index in [1.165, 1.54) is 6.07 Å². The summed E-state index contributed by atoms with van der Waals surface area (Å²) in [5, 5.41) is 9.76. The minimum atomic E-state index is -0.334. The summed E-state index contributed by atoms with van der Waals surface area (Å²) in [6.45, 7) is 0.701. The maximum absolute atomic E-state index is 14.5. The van der Waals surface area contributed by atoms with Crippen LogP contribution in [0.1, 0.15) is 36.1 Å². The Morgan fingerprint density at radius 2 is 1.96 bits per heavy atom. The molecule has 0 amide bonds. The van der Waals surface area contributed by atoms with Crippen molar-refractivity contribution >= 4 is 0 Å². The van der Waals surface area contributed by atoms with Crippen molar-refractivity contribution in [1.29, 1.82) is 5.26 Å². The number of methoxy groups -OCH3 is 1. The highest BCUT2D eigenvalue weighted by atomic mass is 19.1. The Kier molecular flexibility index (Phi) is 5.62. The molecule has 25 heavy (non-hydrogen) atoms. The first-order valence-corrected chi connectivity index (χ1v) is 8.58. The maximum atomic E-state index is 14.5. The number of benzene rings is 1. The third-order valence-electron chi connectivity index (χ3n) is 4.47. The molecule has 0 unspecified atom stereocenters. The van der Waals surface area contributed by atoms with Gasteiger partial charge < -0.3 is 9.47 Å². The zero-order valence-corrected chi connectivity index (χ0v) is 14.3. The summed E-state index contributed by atoms with van der Waals surface area (Å²) in [4.78, 5) is 4.61. The van der Waals surface area contributed by atoms with E-state index in [2.05, 4.69) is 11.1 Å². The molecule has 4 nitrogen and oxygen atoms in total. The minimum absolute atomic E-state index is 0.276. The van der Waals surface area contributed by atoms with Crippen LogP contribution in [0.5, 0.6) is 5.88 Å². The van der Waals surface area contributed by atoms with Gasteiger partial charge in [0.05, 0.1) is 6.61 Å². The van der Waals surface area contributed by atoms with Gasteiger partial charge in [-0.3, -0.25) is 0 Å². The lowest BCUT2D eigenvalue weighted by molar-refractivity contribution is 0.143. The van der Waals surface area contributed by atoms with E-state index in [4.69, 9.17) is 9.47 Å². The fraction of sp³-hybridized carbons (Fsp3) is 0.400. The van der Waals surface area contributed by atoms with Gasteiger partial charge in [0, 0.05) is 23.9 Å². The summed E-state index contributed by atoms with van der Waals surface area (Å²) < 4.78 is 25.2. The third-order valence-corrected chi connectivity index (χ3v) is 4.47.